The van der Waals surface area contributed by atoms with E-state index in [-0.39, 0.29) is 34.4 Å². The van der Waals surface area contributed by atoms with E-state index in [1.165, 1.54) is 6.07 Å². The van der Waals surface area contributed by atoms with Crippen LogP contribution in [0.3, 0.4) is 0 Å². The second-order valence-corrected chi connectivity index (χ2v) is 13.9. The normalized spacial score (nSPS) is 26.7. The van der Waals surface area contributed by atoms with E-state index in [2.05, 4.69) is 32.6 Å². The number of piperazine rings is 1. The number of hydrogen-bond donors (Lipinski definition) is 1. The van der Waals surface area contributed by atoms with Gasteiger partial charge in [-0.15, -0.1) is 6.42 Å². The molecule has 1 aliphatic carbocycles. The van der Waals surface area contributed by atoms with Crippen LogP contribution in [0.4, 0.5) is 14.6 Å². The van der Waals surface area contributed by atoms with E-state index >= 15 is 4.39 Å². The lowest BCUT2D eigenvalue weighted by Gasteiger charge is -2.35. The highest BCUT2D eigenvalue weighted by Gasteiger charge is 2.51. The minimum atomic E-state index is -0.623. The Morgan fingerprint density at radius 2 is 1.87 bits per heavy atom. The van der Waals surface area contributed by atoms with Gasteiger partial charge in [-0.3, -0.25) is 4.98 Å². The molecule has 5 fully saturated rings. The molecule has 4 aromatic rings. The molecule has 10 heteroatoms. The van der Waals surface area contributed by atoms with Crippen molar-refractivity contribution < 1.29 is 18.3 Å². The zero-order chi connectivity index (χ0) is 31.9. The van der Waals surface area contributed by atoms with Crippen molar-refractivity contribution in [2.75, 3.05) is 31.1 Å². The quantitative estimate of drug-likeness (QED) is 0.259. The van der Waals surface area contributed by atoms with Crippen molar-refractivity contribution in [3.8, 4) is 29.6 Å². The van der Waals surface area contributed by atoms with E-state index in [0.29, 0.717) is 52.3 Å². The number of nitrogens with zero attached hydrogens (tertiary/aromatic N) is 5. The molecule has 8 nitrogen and oxygen atoms in total. The van der Waals surface area contributed by atoms with Crippen molar-refractivity contribution in [2.45, 2.75) is 74.8 Å². The summed E-state index contributed by atoms with van der Waals surface area (Å²) in [5, 5.41) is 5.31. The van der Waals surface area contributed by atoms with Crippen LogP contribution in [0.25, 0.3) is 32.9 Å². The van der Waals surface area contributed by atoms with Gasteiger partial charge < -0.3 is 24.6 Å². The van der Waals surface area contributed by atoms with Gasteiger partial charge >= 0.3 is 6.01 Å². The first-order chi connectivity index (χ1) is 22.9. The van der Waals surface area contributed by atoms with Crippen LogP contribution in [0.1, 0.15) is 50.5 Å². The number of allylic oxidation sites excluding steroid dienone is 1. The predicted molar refractivity (Wildman–Crippen MR) is 176 cm³/mol. The topological polar surface area (TPSA) is 75.6 Å². The van der Waals surface area contributed by atoms with Crippen LogP contribution in [0.5, 0.6) is 6.01 Å². The number of benzene rings is 2. The average molecular weight is 635 g/mol. The summed E-state index contributed by atoms with van der Waals surface area (Å²) in [4.78, 5) is 18.8. The van der Waals surface area contributed by atoms with Crippen LogP contribution in [-0.2, 0) is 4.74 Å². The SMILES string of the molecule is C#Cc1c(F)ccc2cccc(-c3ncc4c(N5C[C@H]6CC[C@@H](C5)N6)nc(OC[C@]56CCC(=C)N5C[C@H](OC5CC5)C6)nc4c3F)c12. The second kappa shape index (κ2) is 10.9. The molecule has 4 atom stereocenters. The van der Waals surface area contributed by atoms with E-state index in [4.69, 9.17) is 25.9 Å². The van der Waals surface area contributed by atoms with E-state index < -0.39 is 11.6 Å². The van der Waals surface area contributed by atoms with Crippen molar-refractivity contribution >= 4 is 27.5 Å². The number of ether oxygens (including phenoxy) is 2. The molecular weight excluding hydrogens is 598 g/mol. The Labute approximate surface area is 272 Å². The molecule has 4 aliphatic heterocycles. The van der Waals surface area contributed by atoms with Gasteiger partial charge in [0, 0.05) is 61.0 Å². The van der Waals surface area contributed by atoms with Gasteiger partial charge in [0.1, 0.15) is 29.5 Å². The maximum atomic E-state index is 16.9. The highest BCUT2D eigenvalue weighted by Crippen LogP contribution is 2.46. The summed E-state index contributed by atoms with van der Waals surface area (Å²) in [6.07, 6.45) is 15.0. The number of nitrogens with one attached hydrogen (secondary N) is 1. The molecule has 4 saturated heterocycles. The Morgan fingerprint density at radius 1 is 1.04 bits per heavy atom. The fraction of sp³-hybridized carbons (Fsp3) is 0.432. The van der Waals surface area contributed by atoms with Crippen molar-refractivity contribution in [1.29, 1.82) is 0 Å². The minimum Gasteiger partial charge on any atom is -0.461 e. The van der Waals surface area contributed by atoms with Gasteiger partial charge in [-0.1, -0.05) is 36.8 Å². The number of fused-ring (bicyclic) bond motifs is 5. The fourth-order valence-corrected chi connectivity index (χ4v) is 8.36. The Balaban J connectivity index is 1.14. The van der Waals surface area contributed by atoms with Crippen molar-refractivity contribution in [2.24, 2.45) is 0 Å². The maximum absolute atomic E-state index is 16.9. The standard InChI is InChI=1S/C37H36F2N6O2/c1-3-27-30(38)12-7-22-5-4-6-28(31(22)27)33-32(39)34-29(16-40-33)35(44-17-23-8-9-24(18-44)41-23)43-36(42-34)46-20-37-14-13-21(2)45(37)19-26(15-37)47-25-10-11-25/h1,4-7,12,16,23-26,41H,2,8-11,13-15,17-20H2/t23-,24+,26-,37-/m1/s1. The molecule has 6 heterocycles. The third kappa shape index (κ3) is 4.82. The zero-order valence-corrected chi connectivity index (χ0v) is 26.1. The molecule has 5 aliphatic rings. The summed E-state index contributed by atoms with van der Waals surface area (Å²) in [5.74, 6) is 1.91. The molecule has 0 unspecified atom stereocenters. The van der Waals surface area contributed by atoms with Crippen molar-refractivity contribution in [3.63, 3.8) is 0 Å². The first kappa shape index (κ1) is 28.9. The van der Waals surface area contributed by atoms with Crippen LogP contribution >= 0.6 is 0 Å². The molecular formula is C37H36F2N6O2. The summed E-state index contributed by atoms with van der Waals surface area (Å²) < 4.78 is 44.5. The smallest absolute Gasteiger partial charge is 0.319 e. The van der Waals surface area contributed by atoms with Gasteiger partial charge in [-0.05, 0) is 50.0 Å². The molecule has 0 radical (unpaired) electrons. The molecule has 47 heavy (non-hydrogen) atoms. The van der Waals surface area contributed by atoms with Crippen molar-refractivity contribution in [3.05, 3.63) is 66.0 Å². The molecule has 0 amide bonds. The minimum absolute atomic E-state index is 0.0499. The Bertz CT molecular complexity index is 1980. The molecule has 1 N–H and O–H groups in total. The number of terminal acetylenes is 1. The first-order valence-electron chi connectivity index (χ1n) is 16.7. The maximum Gasteiger partial charge on any atom is 0.319 e. The highest BCUT2D eigenvalue weighted by molar-refractivity contribution is 6.02. The number of anilines is 1. The molecule has 2 aromatic carbocycles. The van der Waals surface area contributed by atoms with Crippen LogP contribution in [-0.4, -0.2) is 75.9 Å². The largest absolute Gasteiger partial charge is 0.461 e. The number of hydrogen-bond acceptors (Lipinski definition) is 8. The van der Waals surface area contributed by atoms with E-state index in [1.54, 1.807) is 24.4 Å². The summed E-state index contributed by atoms with van der Waals surface area (Å²) in [6.45, 7) is 6.98. The molecule has 240 valence electrons. The number of halogens is 2. The van der Waals surface area contributed by atoms with E-state index in [1.807, 2.05) is 6.07 Å². The Morgan fingerprint density at radius 3 is 2.66 bits per heavy atom. The van der Waals surface area contributed by atoms with E-state index in [9.17, 15) is 4.39 Å². The molecule has 9 rings (SSSR count). The highest BCUT2D eigenvalue weighted by atomic mass is 19.1. The summed E-state index contributed by atoms with van der Waals surface area (Å²) in [7, 11) is 0. The zero-order valence-electron chi connectivity index (χ0n) is 26.1. The summed E-state index contributed by atoms with van der Waals surface area (Å²) >= 11 is 0. The van der Waals surface area contributed by atoms with Crippen LogP contribution < -0.4 is 15.0 Å². The lowest BCUT2D eigenvalue weighted by molar-refractivity contribution is 0.0440. The van der Waals surface area contributed by atoms with Crippen LogP contribution in [0, 0.1) is 24.0 Å². The number of aromatic nitrogens is 3. The summed E-state index contributed by atoms with van der Waals surface area (Å²) in [5.41, 5.74) is 1.49. The average Bonchev–Trinajstić information content (AvgIpc) is 3.63. The fourth-order valence-electron chi connectivity index (χ4n) is 8.36. The Hall–Kier alpha value is -4.33. The van der Waals surface area contributed by atoms with Gasteiger partial charge in [0.25, 0.3) is 0 Å². The molecule has 2 bridgehead atoms. The van der Waals surface area contributed by atoms with Crippen molar-refractivity contribution in [1.82, 2.24) is 25.2 Å². The van der Waals surface area contributed by atoms with Gasteiger partial charge in [-0.25, -0.2) is 8.78 Å². The lowest BCUT2D eigenvalue weighted by atomic mass is 9.94. The molecule has 0 spiro atoms. The van der Waals surface area contributed by atoms with Gasteiger partial charge in [-0.2, -0.15) is 9.97 Å². The third-order valence-corrected chi connectivity index (χ3v) is 10.8. The first-order valence-corrected chi connectivity index (χ1v) is 16.7. The monoisotopic (exact) mass is 634 g/mol. The second-order valence-electron chi connectivity index (χ2n) is 13.9. The van der Waals surface area contributed by atoms with Gasteiger partial charge in [0.2, 0.25) is 0 Å². The summed E-state index contributed by atoms with van der Waals surface area (Å²) in [6, 6.07) is 9.11. The molecule has 2 aromatic heterocycles. The lowest BCUT2D eigenvalue weighted by Crippen LogP contribution is -2.51. The van der Waals surface area contributed by atoms with E-state index in [0.717, 1.165) is 70.3 Å². The third-order valence-electron chi connectivity index (χ3n) is 10.8. The van der Waals surface area contributed by atoms with Gasteiger partial charge in [0.05, 0.1) is 28.7 Å². The molecule has 1 saturated carbocycles. The van der Waals surface area contributed by atoms with Gasteiger partial charge in [0.15, 0.2) is 5.82 Å². The Kier molecular flexibility index (Phi) is 6.67. The number of rotatable bonds is 7. The number of pyridine rings is 1. The van der Waals surface area contributed by atoms with Crippen LogP contribution in [0.15, 0.2) is 48.8 Å². The van der Waals surface area contributed by atoms with Crippen LogP contribution in [0.2, 0.25) is 0 Å². The predicted octanol–water partition coefficient (Wildman–Crippen LogP) is 5.72.